The van der Waals surface area contributed by atoms with Crippen LogP contribution in [0.15, 0.2) is 22.7 Å². The highest BCUT2D eigenvalue weighted by atomic mass is 79.9. The molecule has 0 fully saturated rings. The summed E-state index contributed by atoms with van der Waals surface area (Å²) >= 11 is 3.37. The minimum atomic E-state index is 0.0985. The molecule has 1 rings (SSSR count). The van der Waals surface area contributed by atoms with E-state index in [9.17, 15) is 4.79 Å². The normalized spacial score (nSPS) is 10.6. The van der Waals surface area contributed by atoms with Crippen molar-refractivity contribution in [3.8, 4) is 0 Å². The molecule has 4 heteroatoms. The van der Waals surface area contributed by atoms with E-state index in [1.54, 1.807) is 6.07 Å². The number of amides is 1. The van der Waals surface area contributed by atoms with Crippen LogP contribution in [0.1, 0.15) is 62.7 Å². The number of halogens is 1. The quantitative estimate of drug-likeness (QED) is 0.508. The van der Waals surface area contributed by atoms with E-state index in [1.807, 2.05) is 17.0 Å². The van der Waals surface area contributed by atoms with Crippen LogP contribution in [0, 0.1) is 0 Å². The summed E-state index contributed by atoms with van der Waals surface area (Å²) in [6, 6.07) is 5.45. The zero-order valence-corrected chi connectivity index (χ0v) is 14.8. The van der Waals surface area contributed by atoms with Crippen molar-refractivity contribution in [1.82, 2.24) is 4.90 Å². The van der Waals surface area contributed by atoms with Gasteiger partial charge in [0.1, 0.15) is 0 Å². The first-order valence-electron chi connectivity index (χ1n) is 7.94. The van der Waals surface area contributed by atoms with Crippen molar-refractivity contribution in [1.29, 1.82) is 0 Å². The lowest BCUT2D eigenvalue weighted by Gasteiger charge is -2.23. The Bertz CT molecular complexity index is 438. The lowest BCUT2D eigenvalue weighted by Crippen LogP contribution is -2.33. The van der Waals surface area contributed by atoms with Crippen LogP contribution in [0.3, 0.4) is 0 Å². The van der Waals surface area contributed by atoms with Crippen molar-refractivity contribution in [3.05, 3.63) is 28.2 Å². The lowest BCUT2D eigenvalue weighted by atomic mass is 10.1. The smallest absolute Gasteiger partial charge is 0.253 e. The SMILES string of the molecule is CCCCCN(CCCCC)C(=O)c1ccc(Br)c(N)c1. The molecule has 0 aliphatic heterocycles. The van der Waals surface area contributed by atoms with Crippen LogP contribution < -0.4 is 5.73 Å². The van der Waals surface area contributed by atoms with Crippen molar-refractivity contribution in [3.63, 3.8) is 0 Å². The van der Waals surface area contributed by atoms with E-state index in [0.29, 0.717) is 11.3 Å². The Labute approximate surface area is 137 Å². The van der Waals surface area contributed by atoms with E-state index >= 15 is 0 Å². The summed E-state index contributed by atoms with van der Waals surface area (Å²) < 4.78 is 0.836. The van der Waals surface area contributed by atoms with Gasteiger partial charge in [0.05, 0.1) is 0 Å². The van der Waals surface area contributed by atoms with Crippen molar-refractivity contribution in [2.24, 2.45) is 0 Å². The van der Waals surface area contributed by atoms with E-state index in [2.05, 4.69) is 29.8 Å². The van der Waals surface area contributed by atoms with Crippen molar-refractivity contribution >= 4 is 27.5 Å². The van der Waals surface area contributed by atoms with Crippen molar-refractivity contribution < 1.29 is 4.79 Å². The summed E-state index contributed by atoms with van der Waals surface area (Å²) in [6.45, 7) is 6.04. The number of nitrogens with two attached hydrogens (primary N) is 1. The van der Waals surface area contributed by atoms with Gasteiger partial charge in [0.2, 0.25) is 0 Å². The number of carbonyl (C=O) groups is 1. The molecule has 1 aromatic rings. The number of nitrogen functional groups attached to an aromatic ring is 1. The maximum absolute atomic E-state index is 12.7. The fourth-order valence-corrected chi connectivity index (χ4v) is 2.53. The van der Waals surface area contributed by atoms with Gasteiger partial charge in [-0.05, 0) is 47.0 Å². The fourth-order valence-electron chi connectivity index (χ4n) is 2.28. The van der Waals surface area contributed by atoms with E-state index in [0.717, 1.165) is 30.4 Å². The van der Waals surface area contributed by atoms with Crippen molar-refractivity contribution in [2.75, 3.05) is 18.8 Å². The molecular formula is C17H27BrN2O. The minimum Gasteiger partial charge on any atom is -0.398 e. The maximum atomic E-state index is 12.7. The third-order valence-electron chi connectivity index (χ3n) is 3.59. The first-order chi connectivity index (χ1) is 10.1. The van der Waals surface area contributed by atoms with E-state index in [4.69, 9.17) is 5.73 Å². The molecule has 0 heterocycles. The molecule has 2 N–H and O–H groups in total. The van der Waals surface area contributed by atoms with E-state index < -0.39 is 0 Å². The lowest BCUT2D eigenvalue weighted by molar-refractivity contribution is 0.0749. The highest BCUT2D eigenvalue weighted by Gasteiger charge is 2.15. The highest BCUT2D eigenvalue weighted by molar-refractivity contribution is 9.10. The predicted octanol–water partition coefficient (Wildman–Crippen LogP) is 4.85. The van der Waals surface area contributed by atoms with Crippen LogP contribution in [0.5, 0.6) is 0 Å². The molecule has 0 aromatic heterocycles. The Balaban J connectivity index is 2.73. The van der Waals surface area contributed by atoms with Crippen LogP contribution in [0.25, 0.3) is 0 Å². The van der Waals surface area contributed by atoms with Gasteiger partial charge in [0.25, 0.3) is 5.91 Å². The van der Waals surface area contributed by atoms with Gasteiger partial charge in [-0.1, -0.05) is 39.5 Å². The minimum absolute atomic E-state index is 0.0985. The number of anilines is 1. The molecular weight excluding hydrogens is 328 g/mol. The van der Waals surface area contributed by atoms with Crippen molar-refractivity contribution in [2.45, 2.75) is 52.4 Å². The average molecular weight is 355 g/mol. The molecule has 0 spiro atoms. The first kappa shape index (κ1) is 18.0. The Kier molecular flexibility index (Phi) is 8.43. The van der Waals surface area contributed by atoms with Gasteiger partial charge >= 0.3 is 0 Å². The van der Waals surface area contributed by atoms with Crippen LogP contribution in [-0.4, -0.2) is 23.9 Å². The fraction of sp³-hybridized carbons (Fsp3) is 0.588. The number of benzene rings is 1. The topological polar surface area (TPSA) is 46.3 Å². The van der Waals surface area contributed by atoms with Crippen LogP contribution in [-0.2, 0) is 0 Å². The molecule has 21 heavy (non-hydrogen) atoms. The number of hydrogen-bond donors (Lipinski definition) is 1. The van der Waals surface area contributed by atoms with Crippen LogP contribution >= 0.6 is 15.9 Å². The molecule has 1 aromatic carbocycles. The number of rotatable bonds is 9. The van der Waals surface area contributed by atoms with Gasteiger partial charge in [-0.2, -0.15) is 0 Å². The zero-order chi connectivity index (χ0) is 15.7. The maximum Gasteiger partial charge on any atom is 0.253 e. The summed E-state index contributed by atoms with van der Waals surface area (Å²) in [5.41, 5.74) is 7.18. The van der Waals surface area contributed by atoms with Gasteiger partial charge in [-0.15, -0.1) is 0 Å². The predicted molar refractivity (Wildman–Crippen MR) is 93.5 cm³/mol. The van der Waals surface area contributed by atoms with Crippen LogP contribution in [0.2, 0.25) is 0 Å². The molecule has 0 aliphatic carbocycles. The molecule has 118 valence electrons. The van der Waals surface area contributed by atoms with Gasteiger partial charge in [-0.3, -0.25) is 4.79 Å². The molecule has 0 bridgehead atoms. The molecule has 0 saturated carbocycles. The van der Waals surface area contributed by atoms with Crippen LogP contribution in [0.4, 0.5) is 5.69 Å². The number of nitrogens with zero attached hydrogens (tertiary/aromatic N) is 1. The summed E-state index contributed by atoms with van der Waals surface area (Å²) in [5, 5.41) is 0. The Morgan fingerprint density at radius 2 is 1.67 bits per heavy atom. The molecule has 3 nitrogen and oxygen atoms in total. The van der Waals surface area contributed by atoms with E-state index in [-0.39, 0.29) is 5.91 Å². The molecule has 0 saturated heterocycles. The largest absolute Gasteiger partial charge is 0.398 e. The second-order valence-corrected chi connectivity index (χ2v) is 6.30. The summed E-state index contributed by atoms with van der Waals surface area (Å²) in [6.07, 6.45) is 6.81. The number of unbranched alkanes of at least 4 members (excludes halogenated alkanes) is 4. The third kappa shape index (κ3) is 6.08. The second-order valence-electron chi connectivity index (χ2n) is 5.44. The molecule has 0 atom stereocenters. The molecule has 0 aliphatic rings. The van der Waals surface area contributed by atoms with Gasteiger partial charge in [0.15, 0.2) is 0 Å². The monoisotopic (exact) mass is 354 g/mol. The Hall–Kier alpha value is -1.03. The van der Waals surface area contributed by atoms with Gasteiger partial charge < -0.3 is 10.6 Å². The van der Waals surface area contributed by atoms with Gasteiger partial charge in [-0.25, -0.2) is 0 Å². The number of hydrogen-bond acceptors (Lipinski definition) is 2. The molecule has 0 radical (unpaired) electrons. The molecule has 1 amide bonds. The summed E-state index contributed by atoms with van der Waals surface area (Å²) in [5.74, 6) is 0.0985. The summed E-state index contributed by atoms with van der Waals surface area (Å²) in [7, 11) is 0. The summed E-state index contributed by atoms with van der Waals surface area (Å²) in [4.78, 5) is 14.6. The van der Waals surface area contributed by atoms with Gasteiger partial charge in [0, 0.05) is 28.8 Å². The second kappa shape index (κ2) is 9.82. The first-order valence-corrected chi connectivity index (χ1v) is 8.73. The Morgan fingerprint density at radius 3 is 2.14 bits per heavy atom. The average Bonchev–Trinajstić information content (AvgIpc) is 2.48. The standard InChI is InChI=1S/C17H27BrN2O/c1-3-5-7-11-20(12-8-6-4-2)17(21)14-9-10-15(18)16(19)13-14/h9-10,13H,3-8,11-12,19H2,1-2H3. The molecule has 0 unspecified atom stereocenters. The zero-order valence-electron chi connectivity index (χ0n) is 13.2. The van der Waals surface area contributed by atoms with E-state index in [1.165, 1.54) is 25.7 Å². The Morgan fingerprint density at radius 1 is 1.10 bits per heavy atom. The third-order valence-corrected chi connectivity index (χ3v) is 4.32. The highest BCUT2D eigenvalue weighted by Crippen LogP contribution is 2.21. The number of carbonyl (C=O) groups excluding carboxylic acids is 1.